The number of hydrogen-bond donors (Lipinski definition) is 0. The molecule has 0 amide bonds. The summed E-state index contributed by atoms with van der Waals surface area (Å²) in [4.78, 5) is 2.44. The minimum absolute atomic E-state index is 0.0368. The number of allylic oxidation sites excluding steroid dienone is 1. The fourth-order valence-electron chi connectivity index (χ4n) is 6.09. The molecule has 1 aromatic heterocycles. The Kier molecular flexibility index (Phi) is 7.09. The van der Waals surface area contributed by atoms with Gasteiger partial charge >= 0.3 is 6.85 Å². The van der Waals surface area contributed by atoms with Gasteiger partial charge in [0.25, 0.3) is 0 Å². The fourth-order valence-corrected chi connectivity index (χ4v) is 6.09. The summed E-state index contributed by atoms with van der Waals surface area (Å²) in [5.74, 6) is 3.26. The van der Waals surface area contributed by atoms with Crippen LogP contribution in [0.1, 0.15) is 77.0 Å². The highest BCUT2D eigenvalue weighted by molar-refractivity contribution is 6.80. The molecule has 200 valence electrons. The van der Waals surface area contributed by atoms with Crippen LogP contribution in [0.15, 0.2) is 85.1 Å². The number of rotatable bonds is 5. The maximum absolute atomic E-state index is 2.50. The molecule has 39 heavy (non-hydrogen) atoms. The molecule has 0 saturated heterocycles. The Balaban J connectivity index is 1.77. The van der Waals surface area contributed by atoms with Gasteiger partial charge in [0.05, 0.1) is 7.05 Å². The van der Waals surface area contributed by atoms with Crippen LogP contribution >= 0.6 is 0 Å². The van der Waals surface area contributed by atoms with E-state index in [9.17, 15) is 0 Å². The second-order valence-electron chi connectivity index (χ2n) is 12.7. The number of benzene rings is 3. The third kappa shape index (κ3) is 4.86. The highest BCUT2D eigenvalue weighted by atomic mass is 15.2. The van der Waals surface area contributed by atoms with E-state index in [-0.39, 0.29) is 12.3 Å². The number of para-hydroxylation sites is 1. The Hall–Kier alpha value is -3.53. The van der Waals surface area contributed by atoms with Crippen LogP contribution in [-0.4, -0.2) is 18.5 Å². The molecule has 4 aromatic rings. The van der Waals surface area contributed by atoms with Crippen LogP contribution in [-0.2, 0) is 7.05 Å². The molecule has 0 N–H and O–H groups in total. The summed E-state index contributed by atoms with van der Waals surface area (Å²) in [6.07, 6.45) is 4.48. The van der Waals surface area contributed by atoms with E-state index in [2.05, 4.69) is 162 Å². The SMILES string of the molecule is CC(C)c1cc(-c2ccccc2)cc(C(C)C)c1-n1cc[n+](C)c1B1C=C(C(C)(C)C)c2ccccc2N1C. The molecular formula is C35H43BN3+. The van der Waals surface area contributed by atoms with E-state index in [0.29, 0.717) is 11.8 Å². The van der Waals surface area contributed by atoms with Gasteiger partial charge in [-0.15, -0.1) is 0 Å². The number of imidazole rings is 1. The number of fused-ring (bicyclic) bond motifs is 1. The van der Waals surface area contributed by atoms with Gasteiger partial charge in [-0.25, -0.2) is 9.13 Å². The first-order chi connectivity index (χ1) is 18.5. The van der Waals surface area contributed by atoms with Crippen molar-refractivity contribution in [1.82, 2.24) is 4.57 Å². The van der Waals surface area contributed by atoms with Crippen molar-refractivity contribution in [2.75, 3.05) is 11.9 Å². The quantitative estimate of drug-likeness (QED) is 0.197. The van der Waals surface area contributed by atoms with Crippen molar-refractivity contribution in [2.24, 2.45) is 12.5 Å². The van der Waals surface area contributed by atoms with Gasteiger partial charge in [-0.05, 0) is 64.8 Å². The predicted molar refractivity (Wildman–Crippen MR) is 168 cm³/mol. The molecule has 5 rings (SSSR count). The summed E-state index contributed by atoms with van der Waals surface area (Å²) >= 11 is 0. The van der Waals surface area contributed by atoms with Crippen LogP contribution < -0.4 is 15.1 Å². The topological polar surface area (TPSA) is 12.0 Å². The van der Waals surface area contributed by atoms with E-state index >= 15 is 0 Å². The minimum atomic E-state index is 0.0368. The van der Waals surface area contributed by atoms with E-state index in [0.717, 1.165) is 0 Å². The number of nitrogens with zero attached hydrogens (tertiary/aromatic N) is 3. The van der Waals surface area contributed by atoms with Gasteiger partial charge in [-0.1, -0.05) is 103 Å². The Bertz CT molecular complexity index is 1490. The van der Waals surface area contributed by atoms with E-state index in [1.165, 1.54) is 50.5 Å². The van der Waals surface area contributed by atoms with E-state index < -0.39 is 0 Å². The second kappa shape index (κ2) is 10.2. The van der Waals surface area contributed by atoms with Crippen LogP contribution in [0.25, 0.3) is 22.4 Å². The Morgan fingerprint density at radius 2 is 1.38 bits per heavy atom. The van der Waals surface area contributed by atoms with Gasteiger partial charge < -0.3 is 4.81 Å². The molecule has 2 heterocycles. The lowest BCUT2D eigenvalue weighted by Crippen LogP contribution is -2.62. The lowest BCUT2D eigenvalue weighted by Gasteiger charge is -2.36. The first-order valence-electron chi connectivity index (χ1n) is 14.3. The summed E-state index contributed by atoms with van der Waals surface area (Å²) in [6.45, 7) is 16.4. The monoisotopic (exact) mass is 516 g/mol. The van der Waals surface area contributed by atoms with Crippen molar-refractivity contribution in [1.29, 1.82) is 0 Å². The molecule has 3 aromatic carbocycles. The standard InChI is InChI=1S/C35H43BN3/c1-24(2)29-21-27(26-15-11-10-12-16-26)22-30(25(3)4)33(29)39-20-19-37(8)34(39)36-23-31(35(5,6)7)28-17-13-14-18-32(28)38(36)9/h10-25H,1-9H3/q+1. The number of aryl methyl sites for hydroxylation is 1. The molecule has 0 aliphatic carbocycles. The van der Waals surface area contributed by atoms with E-state index in [1.54, 1.807) is 0 Å². The lowest BCUT2D eigenvalue weighted by atomic mass is 9.53. The summed E-state index contributed by atoms with van der Waals surface area (Å²) in [6, 6.07) is 24.5. The molecule has 0 radical (unpaired) electrons. The van der Waals surface area contributed by atoms with Crippen LogP contribution in [0.4, 0.5) is 5.69 Å². The Labute approximate surface area is 235 Å². The van der Waals surface area contributed by atoms with Gasteiger partial charge in [-0.3, -0.25) is 0 Å². The second-order valence-corrected chi connectivity index (χ2v) is 12.7. The average molecular weight is 517 g/mol. The molecule has 0 atom stereocenters. The molecule has 4 heteroatoms. The molecular weight excluding hydrogens is 473 g/mol. The molecule has 0 fully saturated rings. The molecule has 0 bridgehead atoms. The van der Waals surface area contributed by atoms with Crippen molar-refractivity contribution in [3.05, 3.63) is 102 Å². The molecule has 0 unspecified atom stereocenters. The third-order valence-electron chi connectivity index (χ3n) is 8.20. The van der Waals surface area contributed by atoms with Crippen molar-refractivity contribution in [3.8, 4) is 16.8 Å². The van der Waals surface area contributed by atoms with Crippen LogP contribution in [0.3, 0.4) is 0 Å². The molecule has 0 saturated carbocycles. The zero-order valence-electron chi connectivity index (χ0n) is 25.2. The number of aromatic nitrogens is 2. The predicted octanol–water partition coefficient (Wildman–Crippen LogP) is 7.53. The summed E-state index contributed by atoms with van der Waals surface area (Å²) in [5, 5.41) is 0. The zero-order chi connectivity index (χ0) is 28.1. The normalized spacial score (nSPS) is 13.8. The van der Waals surface area contributed by atoms with Gasteiger partial charge in [0.15, 0.2) is 0 Å². The van der Waals surface area contributed by atoms with E-state index in [1.807, 2.05) is 0 Å². The first-order valence-corrected chi connectivity index (χ1v) is 14.3. The highest BCUT2D eigenvalue weighted by Crippen LogP contribution is 2.42. The molecule has 0 spiro atoms. The smallest absolute Gasteiger partial charge is 0.403 e. The van der Waals surface area contributed by atoms with Crippen LogP contribution in [0, 0.1) is 5.41 Å². The van der Waals surface area contributed by atoms with Crippen molar-refractivity contribution >= 4 is 23.8 Å². The van der Waals surface area contributed by atoms with Gasteiger partial charge in [0.2, 0.25) is 5.72 Å². The Morgan fingerprint density at radius 3 is 1.97 bits per heavy atom. The summed E-state index contributed by atoms with van der Waals surface area (Å²) in [7, 11) is 4.43. The molecule has 1 aliphatic rings. The van der Waals surface area contributed by atoms with Crippen LogP contribution in [0.2, 0.25) is 0 Å². The van der Waals surface area contributed by atoms with Gasteiger partial charge in [0, 0.05) is 16.8 Å². The molecule has 3 nitrogen and oxygen atoms in total. The molecule has 1 aliphatic heterocycles. The van der Waals surface area contributed by atoms with Crippen molar-refractivity contribution in [2.45, 2.75) is 60.3 Å². The van der Waals surface area contributed by atoms with Gasteiger partial charge in [-0.2, -0.15) is 0 Å². The van der Waals surface area contributed by atoms with E-state index in [4.69, 9.17) is 0 Å². The summed E-state index contributed by atoms with van der Waals surface area (Å²) < 4.78 is 4.79. The Morgan fingerprint density at radius 1 is 0.795 bits per heavy atom. The highest BCUT2D eigenvalue weighted by Gasteiger charge is 2.41. The summed E-state index contributed by atoms with van der Waals surface area (Å²) in [5.41, 5.74) is 12.0. The van der Waals surface area contributed by atoms with Crippen molar-refractivity contribution < 1.29 is 4.57 Å². The number of hydrogen-bond acceptors (Lipinski definition) is 1. The zero-order valence-corrected chi connectivity index (χ0v) is 25.2. The largest absolute Gasteiger partial charge is 0.421 e. The fraction of sp³-hybridized carbons (Fsp3) is 0.343. The number of anilines is 1. The first kappa shape index (κ1) is 27.1. The van der Waals surface area contributed by atoms with Crippen LogP contribution in [0.5, 0.6) is 0 Å². The maximum Gasteiger partial charge on any atom is 0.421 e. The minimum Gasteiger partial charge on any atom is -0.403 e. The maximum atomic E-state index is 2.50. The third-order valence-corrected chi connectivity index (χ3v) is 8.20. The van der Waals surface area contributed by atoms with Gasteiger partial charge in [0.1, 0.15) is 18.1 Å². The average Bonchev–Trinajstić information content (AvgIpc) is 3.28. The lowest BCUT2D eigenvalue weighted by molar-refractivity contribution is -0.653. The van der Waals surface area contributed by atoms with Crippen molar-refractivity contribution in [3.63, 3.8) is 0 Å².